The highest BCUT2D eigenvalue weighted by molar-refractivity contribution is 9.10. The lowest BCUT2D eigenvalue weighted by atomic mass is 10.1. The molecule has 0 saturated carbocycles. The van der Waals surface area contributed by atoms with Crippen LogP contribution in [0.5, 0.6) is 0 Å². The van der Waals surface area contributed by atoms with Gasteiger partial charge in [0.1, 0.15) is 5.92 Å². The lowest BCUT2D eigenvalue weighted by molar-refractivity contribution is -0.130. The summed E-state index contributed by atoms with van der Waals surface area (Å²) < 4.78 is 0.874. The lowest BCUT2D eigenvalue weighted by Gasteiger charge is -2.23. The molecule has 0 bridgehead atoms. The van der Waals surface area contributed by atoms with Crippen molar-refractivity contribution < 1.29 is 9.59 Å². The Kier molecular flexibility index (Phi) is 4.12. The van der Waals surface area contributed by atoms with Crippen LogP contribution in [-0.2, 0) is 16.0 Å². The van der Waals surface area contributed by atoms with Gasteiger partial charge in [-0.15, -0.1) is 0 Å². The van der Waals surface area contributed by atoms with Crippen LogP contribution < -0.4 is 9.80 Å². The molecule has 2 aromatic rings. The molecule has 4 nitrogen and oxygen atoms in total. The van der Waals surface area contributed by atoms with E-state index in [0.29, 0.717) is 19.5 Å². The van der Waals surface area contributed by atoms with E-state index in [1.807, 2.05) is 48.2 Å². The number of aryl methyl sites for hydroxylation is 1. The van der Waals surface area contributed by atoms with Gasteiger partial charge in [0, 0.05) is 23.2 Å². The number of amides is 2. The summed E-state index contributed by atoms with van der Waals surface area (Å²) in [7, 11) is 0. The number of benzene rings is 2. The molecule has 1 saturated heterocycles. The molecule has 0 radical (unpaired) electrons. The second kappa shape index (κ2) is 6.30. The third-order valence-electron chi connectivity index (χ3n) is 5.11. The van der Waals surface area contributed by atoms with Crippen LogP contribution >= 0.6 is 15.9 Å². The topological polar surface area (TPSA) is 40.6 Å². The molecule has 1 unspecified atom stereocenters. The molecule has 4 rings (SSSR count). The maximum absolute atomic E-state index is 13.1. The smallest absolute Gasteiger partial charge is 0.239 e. The van der Waals surface area contributed by atoms with Crippen LogP contribution in [-0.4, -0.2) is 24.9 Å². The molecular weight excluding hydrogens is 380 g/mol. The highest BCUT2D eigenvalue weighted by Gasteiger charge is 2.42. The van der Waals surface area contributed by atoms with Crippen LogP contribution in [0.15, 0.2) is 46.9 Å². The standard InChI is InChI=1S/C20H19BrN2O2/c1-13-5-4-6-14-9-11-23(18(13)14)20(25)15-10-12-22(19(15)24)17-8-3-2-7-16(17)21/h2-8,15H,9-12H2,1H3. The van der Waals surface area contributed by atoms with E-state index >= 15 is 0 Å². The fourth-order valence-electron chi connectivity index (χ4n) is 3.88. The quantitative estimate of drug-likeness (QED) is 0.723. The average Bonchev–Trinajstić information content (AvgIpc) is 3.20. The minimum atomic E-state index is -0.585. The molecule has 2 aliphatic heterocycles. The van der Waals surface area contributed by atoms with Crippen molar-refractivity contribution in [2.45, 2.75) is 19.8 Å². The van der Waals surface area contributed by atoms with Crippen molar-refractivity contribution in [3.8, 4) is 0 Å². The molecular formula is C20H19BrN2O2. The Labute approximate surface area is 155 Å². The van der Waals surface area contributed by atoms with Crippen molar-refractivity contribution >= 4 is 39.1 Å². The third-order valence-corrected chi connectivity index (χ3v) is 5.78. The van der Waals surface area contributed by atoms with Crippen LogP contribution in [0.4, 0.5) is 11.4 Å². The first-order valence-electron chi connectivity index (χ1n) is 8.53. The van der Waals surface area contributed by atoms with Gasteiger partial charge in [0.15, 0.2) is 0 Å². The largest absolute Gasteiger partial charge is 0.311 e. The Bertz CT molecular complexity index is 865. The Morgan fingerprint density at radius 3 is 2.72 bits per heavy atom. The van der Waals surface area contributed by atoms with Crippen molar-refractivity contribution in [3.63, 3.8) is 0 Å². The molecule has 2 amide bonds. The Morgan fingerprint density at radius 1 is 1.12 bits per heavy atom. The number of anilines is 2. The first-order valence-corrected chi connectivity index (χ1v) is 9.33. The summed E-state index contributed by atoms with van der Waals surface area (Å²) in [4.78, 5) is 29.6. The van der Waals surface area contributed by atoms with Crippen LogP contribution in [0.1, 0.15) is 17.5 Å². The molecule has 0 aliphatic carbocycles. The minimum absolute atomic E-state index is 0.0624. The zero-order valence-corrected chi connectivity index (χ0v) is 15.6. The van der Waals surface area contributed by atoms with Crippen LogP contribution in [0, 0.1) is 12.8 Å². The second-order valence-corrected chi connectivity index (χ2v) is 7.46. The number of halogens is 1. The van der Waals surface area contributed by atoms with Crippen LogP contribution in [0.25, 0.3) is 0 Å². The molecule has 1 fully saturated rings. The molecule has 2 heterocycles. The summed E-state index contributed by atoms with van der Waals surface area (Å²) >= 11 is 3.50. The van der Waals surface area contributed by atoms with Crippen molar-refractivity contribution in [3.05, 3.63) is 58.1 Å². The zero-order valence-electron chi connectivity index (χ0n) is 14.0. The number of nitrogens with zero attached hydrogens (tertiary/aromatic N) is 2. The Balaban J connectivity index is 1.60. The number of fused-ring (bicyclic) bond motifs is 1. The van der Waals surface area contributed by atoms with E-state index in [2.05, 4.69) is 22.0 Å². The number of hydrogen-bond donors (Lipinski definition) is 0. The van der Waals surface area contributed by atoms with E-state index in [9.17, 15) is 9.59 Å². The fourth-order valence-corrected chi connectivity index (χ4v) is 4.38. The predicted molar refractivity (Wildman–Crippen MR) is 102 cm³/mol. The fraction of sp³-hybridized carbons (Fsp3) is 0.300. The first kappa shape index (κ1) is 16.3. The van der Waals surface area contributed by atoms with Crippen molar-refractivity contribution in [2.75, 3.05) is 22.9 Å². The van der Waals surface area contributed by atoms with Gasteiger partial charge >= 0.3 is 0 Å². The van der Waals surface area contributed by atoms with Crippen LogP contribution in [0.2, 0.25) is 0 Å². The lowest BCUT2D eigenvalue weighted by Crippen LogP contribution is -2.39. The van der Waals surface area contributed by atoms with E-state index in [0.717, 1.165) is 27.8 Å². The SMILES string of the molecule is Cc1cccc2c1N(C(=O)C1CCN(c3ccccc3Br)C1=O)CC2. The maximum Gasteiger partial charge on any atom is 0.239 e. The van der Waals surface area contributed by atoms with Gasteiger partial charge in [-0.3, -0.25) is 9.59 Å². The first-order chi connectivity index (χ1) is 12.1. The zero-order chi connectivity index (χ0) is 17.6. The summed E-state index contributed by atoms with van der Waals surface area (Å²) in [6.07, 6.45) is 1.42. The van der Waals surface area contributed by atoms with Gasteiger partial charge in [-0.25, -0.2) is 0 Å². The molecule has 0 aromatic heterocycles. The van der Waals surface area contributed by atoms with Gasteiger partial charge < -0.3 is 9.80 Å². The van der Waals surface area contributed by atoms with Gasteiger partial charge in [0.25, 0.3) is 0 Å². The highest BCUT2D eigenvalue weighted by Crippen LogP contribution is 2.36. The van der Waals surface area contributed by atoms with E-state index in [-0.39, 0.29) is 11.8 Å². The number of carbonyl (C=O) groups is 2. The maximum atomic E-state index is 13.1. The molecule has 1 atom stereocenters. The number of hydrogen-bond acceptors (Lipinski definition) is 2. The van der Waals surface area contributed by atoms with Gasteiger partial charge in [-0.2, -0.15) is 0 Å². The molecule has 0 N–H and O–H groups in total. The van der Waals surface area contributed by atoms with Crippen molar-refractivity contribution in [1.29, 1.82) is 0 Å². The van der Waals surface area contributed by atoms with Crippen molar-refractivity contribution in [2.24, 2.45) is 5.92 Å². The van der Waals surface area contributed by atoms with Gasteiger partial charge in [0.05, 0.1) is 5.69 Å². The minimum Gasteiger partial charge on any atom is -0.311 e. The number of carbonyl (C=O) groups excluding carboxylic acids is 2. The van der Waals surface area contributed by atoms with Gasteiger partial charge in [-0.05, 0) is 59.0 Å². The van der Waals surface area contributed by atoms with Crippen molar-refractivity contribution in [1.82, 2.24) is 0 Å². The predicted octanol–water partition coefficient (Wildman–Crippen LogP) is 3.70. The third kappa shape index (κ3) is 2.67. The molecule has 5 heteroatoms. The second-order valence-electron chi connectivity index (χ2n) is 6.61. The summed E-state index contributed by atoms with van der Waals surface area (Å²) in [5.41, 5.74) is 4.12. The molecule has 25 heavy (non-hydrogen) atoms. The summed E-state index contributed by atoms with van der Waals surface area (Å²) in [5.74, 6) is -0.746. The van der Waals surface area contributed by atoms with E-state index in [1.54, 1.807) is 4.90 Å². The Morgan fingerprint density at radius 2 is 1.92 bits per heavy atom. The summed E-state index contributed by atoms with van der Waals surface area (Å²) in [6.45, 7) is 3.26. The van der Waals surface area contributed by atoms with E-state index < -0.39 is 5.92 Å². The average molecular weight is 399 g/mol. The molecule has 2 aliphatic rings. The monoisotopic (exact) mass is 398 g/mol. The number of rotatable bonds is 2. The molecule has 0 spiro atoms. The highest BCUT2D eigenvalue weighted by atomic mass is 79.9. The van der Waals surface area contributed by atoms with E-state index in [1.165, 1.54) is 5.56 Å². The molecule has 128 valence electrons. The Hall–Kier alpha value is -2.14. The number of para-hydroxylation sites is 2. The van der Waals surface area contributed by atoms with Crippen LogP contribution in [0.3, 0.4) is 0 Å². The van der Waals surface area contributed by atoms with E-state index in [4.69, 9.17) is 0 Å². The molecule has 2 aromatic carbocycles. The summed E-state index contributed by atoms with van der Waals surface area (Å²) in [6, 6.07) is 13.8. The van der Waals surface area contributed by atoms with Gasteiger partial charge in [-0.1, -0.05) is 30.3 Å². The van der Waals surface area contributed by atoms with Gasteiger partial charge in [0.2, 0.25) is 11.8 Å². The summed E-state index contributed by atoms with van der Waals surface area (Å²) in [5, 5.41) is 0. The normalized spacial score (nSPS) is 19.4.